The van der Waals surface area contributed by atoms with Gasteiger partial charge in [0.25, 0.3) is 0 Å². The van der Waals surface area contributed by atoms with Gasteiger partial charge in [0.15, 0.2) is 0 Å². The van der Waals surface area contributed by atoms with Crippen molar-refractivity contribution in [2.45, 2.75) is 44.6 Å². The summed E-state index contributed by atoms with van der Waals surface area (Å²) >= 11 is 0. The second-order valence-electron chi connectivity index (χ2n) is 8.51. The Balaban J connectivity index is 1.60. The number of carboxylic acid groups (broad SMARTS) is 1. The van der Waals surface area contributed by atoms with E-state index in [1.54, 1.807) is 6.08 Å². The van der Waals surface area contributed by atoms with Crippen LogP contribution in [0.25, 0.3) is 11.1 Å². The van der Waals surface area contributed by atoms with E-state index in [0.717, 1.165) is 22.3 Å². The van der Waals surface area contributed by atoms with E-state index in [1.165, 1.54) is 0 Å². The van der Waals surface area contributed by atoms with Gasteiger partial charge in [0.2, 0.25) is 5.91 Å². The first-order valence-electron chi connectivity index (χ1n) is 11.7. The SMILES string of the molecule is C=CCCC(NC(=O)OCC1c2ccccc2-c2ccccc21)C(=O)NCC(CC)CC(=O)O. The lowest BCUT2D eigenvalue weighted by molar-refractivity contribution is -0.138. The Bertz CT molecular complexity index is 990. The van der Waals surface area contributed by atoms with Crippen LogP contribution in [-0.2, 0) is 14.3 Å². The Morgan fingerprint density at radius 2 is 1.71 bits per heavy atom. The lowest BCUT2D eigenvalue weighted by atomic mass is 9.98. The molecule has 2 aromatic rings. The van der Waals surface area contributed by atoms with Gasteiger partial charge in [0.05, 0.1) is 0 Å². The third kappa shape index (κ3) is 6.25. The highest BCUT2D eigenvalue weighted by Crippen LogP contribution is 2.44. The normalized spacial score (nSPS) is 13.8. The van der Waals surface area contributed by atoms with Gasteiger partial charge < -0.3 is 20.5 Å². The number of aliphatic carboxylic acids is 1. The number of alkyl carbamates (subject to hydrolysis) is 1. The zero-order valence-electron chi connectivity index (χ0n) is 19.5. The highest BCUT2D eigenvalue weighted by atomic mass is 16.5. The first-order chi connectivity index (χ1) is 16.4. The molecule has 0 bridgehead atoms. The molecule has 2 unspecified atom stereocenters. The summed E-state index contributed by atoms with van der Waals surface area (Å²) in [6.45, 7) is 5.95. The number of amides is 2. The molecule has 3 rings (SSSR count). The molecule has 2 amide bonds. The number of carbonyl (C=O) groups excluding carboxylic acids is 2. The van der Waals surface area contributed by atoms with Crippen LogP contribution in [0.15, 0.2) is 61.2 Å². The Labute approximate surface area is 200 Å². The number of benzene rings is 2. The topological polar surface area (TPSA) is 105 Å². The minimum Gasteiger partial charge on any atom is -0.481 e. The quantitative estimate of drug-likeness (QED) is 0.402. The molecule has 2 aromatic carbocycles. The summed E-state index contributed by atoms with van der Waals surface area (Å²) in [7, 11) is 0. The number of hydrogen-bond donors (Lipinski definition) is 3. The molecule has 2 atom stereocenters. The average Bonchev–Trinajstić information content (AvgIpc) is 3.16. The van der Waals surface area contributed by atoms with E-state index in [9.17, 15) is 14.4 Å². The highest BCUT2D eigenvalue weighted by molar-refractivity contribution is 5.85. The fourth-order valence-corrected chi connectivity index (χ4v) is 4.31. The molecule has 0 heterocycles. The van der Waals surface area contributed by atoms with Crippen molar-refractivity contribution >= 4 is 18.0 Å². The molecule has 0 aromatic heterocycles. The number of rotatable bonds is 12. The molecule has 0 saturated carbocycles. The van der Waals surface area contributed by atoms with Gasteiger partial charge in [-0.15, -0.1) is 6.58 Å². The van der Waals surface area contributed by atoms with Crippen molar-refractivity contribution in [2.75, 3.05) is 13.2 Å². The van der Waals surface area contributed by atoms with E-state index in [1.807, 2.05) is 43.3 Å². The first kappa shape index (κ1) is 25.0. The Morgan fingerprint density at radius 3 is 2.26 bits per heavy atom. The molecular formula is C27H32N2O5. The maximum absolute atomic E-state index is 12.7. The van der Waals surface area contributed by atoms with Crippen LogP contribution < -0.4 is 10.6 Å². The van der Waals surface area contributed by atoms with Crippen LogP contribution in [0.2, 0.25) is 0 Å². The lowest BCUT2D eigenvalue weighted by Gasteiger charge is -2.21. The van der Waals surface area contributed by atoms with Gasteiger partial charge in [-0.25, -0.2) is 4.79 Å². The summed E-state index contributed by atoms with van der Waals surface area (Å²) in [5.74, 6) is -1.50. The van der Waals surface area contributed by atoms with Gasteiger partial charge in [0.1, 0.15) is 12.6 Å². The van der Waals surface area contributed by atoms with E-state index < -0.39 is 18.1 Å². The average molecular weight is 465 g/mol. The molecule has 180 valence electrons. The number of nitrogens with one attached hydrogen (secondary N) is 2. The summed E-state index contributed by atoms with van der Waals surface area (Å²) in [5, 5.41) is 14.4. The maximum Gasteiger partial charge on any atom is 0.407 e. The minimum atomic E-state index is -0.902. The number of carbonyl (C=O) groups is 3. The fraction of sp³-hybridized carbons (Fsp3) is 0.370. The highest BCUT2D eigenvalue weighted by Gasteiger charge is 2.29. The van der Waals surface area contributed by atoms with Crippen molar-refractivity contribution in [3.05, 3.63) is 72.3 Å². The van der Waals surface area contributed by atoms with E-state index in [2.05, 4.69) is 29.3 Å². The van der Waals surface area contributed by atoms with Crippen LogP contribution in [0.4, 0.5) is 4.79 Å². The standard InChI is InChI=1S/C27H32N2O5/c1-3-5-14-24(26(32)28-16-18(4-2)15-25(30)31)29-27(33)34-17-23-21-12-8-6-10-19(21)20-11-7-9-13-22(20)23/h3,6-13,18,23-24H,1,4-5,14-17H2,2H3,(H,28,32)(H,29,33)(H,30,31). The van der Waals surface area contributed by atoms with Gasteiger partial charge >= 0.3 is 12.1 Å². The van der Waals surface area contributed by atoms with Crippen LogP contribution >= 0.6 is 0 Å². The largest absolute Gasteiger partial charge is 0.481 e. The van der Waals surface area contributed by atoms with Crippen molar-refractivity contribution < 1.29 is 24.2 Å². The summed E-state index contributed by atoms with van der Waals surface area (Å²) in [6.07, 6.45) is 2.53. The second kappa shape index (κ2) is 12.0. The van der Waals surface area contributed by atoms with Crippen LogP contribution in [0, 0.1) is 5.92 Å². The molecule has 0 saturated heterocycles. The summed E-state index contributed by atoms with van der Waals surface area (Å²) in [6, 6.07) is 15.4. The predicted molar refractivity (Wildman–Crippen MR) is 130 cm³/mol. The Kier molecular flexibility index (Phi) is 8.85. The second-order valence-corrected chi connectivity index (χ2v) is 8.51. The third-order valence-electron chi connectivity index (χ3n) is 6.22. The molecule has 0 spiro atoms. The number of allylic oxidation sites excluding steroid dienone is 1. The number of fused-ring (bicyclic) bond motifs is 3. The maximum atomic E-state index is 12.7. The van der Waals surface area contributed by atoms with Crippen molar-refractivity contribution in [3.8, 4) is 11.1 Å². The molecule has 0 fully saturated rings. The Morgan fingerprint density at radius 1 is 1.09 bits per heavy atom. The zero-order valence-corrected chi connectivity index (χ0v) is 19.5. The molecule has 34 heavy (non-hydrogen) atoms. The van der Waals surface area contributed by atoms with Gasteiger partial charge in [-0.1, -0.05) is 68.0 Å². The molecule has 1 aliphatic rings. The molecule has 0 aliphatic heterocycles. The summed E-state index contributed by atoms with van der Waals surface area (Å²) in [4.78, 5) is 36.3. The monoisotopic (exact) mass is 464 g/mol. The van der Waals surface area contributed by atoms with Crippen LogP contribution in [0.3, 0.4) is 0 Å². The third-order valence-corrected chi connectivity index (χ3v) is 6.22. The van der Waals surface area contributed by atoms with Crippen molar-refractivity contribution in [3.63, 3.8) is 0 Å². The number of carboxylic acids is 1. The first-order valence-corrected chi connectivity index (χ1v) is 11.7. The smallest absolute Gasteiger partial charge is 0.407 e. The molecule has 0 radical (unpaired) electrons. The lowest BCUT2D eigenvalue weighted by Crippen LogP contribution is -2.48. The molecule has 7 heteroatoms. The van der Waals surface area contributed by atoms with Gasteiger partial charge in [-0.2, -0.15) is 0 Å². The van der Waals surface area contributed by atoms with Crippen molar-refractivity contribution in [1.82, 2.24) is 10.6 Å². The van der Waals surface area contributed by atoms with Crippen LogP contribution in [0.5, 0.6) is 0 Å². The number of hydrogen-bond acceptors (Lipinski definition) is 4. The van der Waals surface area contributed by atoms with E-state index >= 15 is 0 Å². The summed E-state index contributed by atoms with van der Waals surface area (Å²) in [5.41, 5.74) is 4.51. The van der Waals surface area contributed by atoms with Gasteiger partial charge in [0, 0.05) is 18.9 Å². The van der Waals surface area contributed by atoms with Crippen LogP contribution in [-0.4, -0.2) is 42.3 Å². The fourth-order valence-electron chi connectivity index (χ4n) is 4.31. The number of ether oxygens (including phenoxy) is 1. The molecule has 7 nitrogen and oxygen atoms in total. The molecular weight excluding hydrogens is 432 g/mol. The Hall–Kier alpha value is -3.61. The zero-order chi connectivity index (χ0) is 24.5. The van der Waals surface area contributed by atoms with Crippen molar-refractivity contribution in [1.29, 1.82) is 0 Å². The van der Waals surface area contributed by atoms with Gasteiger partial charge in [-0.3, -0.25) is 9.59 Å². The van der Waals surface area contributed by atoms with E-state index in [-0.39, 0.29) is 37.3 Å². The van der Waals surface area contributed by atoms with Crippen molar-refractivity contribution in [2.24, 2.45) is 5.92 Å². The van der Waals surface area contributed by atoms with Gasteiger partial charge in [-0.05, 0) is 41.0 Å². The molecule has 3 N–H and O–H groups in total. The predicted octanol–water partition coefficient (Wildman–Crippen LogP) is 4.48. The van der Waals surface area contributed by atoms with Crippen LogP contribution in [0.1, 0.15) is 49.7 Å². The molecule has 1 aliphatic carbocycles. The summed E-state index contributed by atoms with van der Waals surface area (Å²) < 4.78 is 5.57. The van der Waals surface area contributed by atoms with E-state index in [0.29, 0.717) is 19.3 Å². The van der Waals surface area contributed by atoms with E-state index in [4.69, 9.17) is 9.84 Å². The minimum absolute atomic E-state index is 0.0199.